The molecule has 2 atom stereocenters. The molecule has 0 unspecified atom stereocenters. The molecule has 238 valence electrons. The third kappa shape index (κ3) is 6.22. The Hall–Kier alpha value is -4.70. The van der Waals surface area contributed by atoms with Gasteiger partial charge in [-0.05, 0) is 81.1 Å². The van der Waals surface area contributed by atoms with Crippen LogP contribution in [0, 0.1) is 6.92 Å². The topological polar surface area (TPSA) is 102 Å². The maximum Gasteiger partial charge on any atom is 0.320 e. The van der Waals surface area contributed by atoms with Crippen molar-refractivity contribution in [2.75, 3.05) is 18.4 Å². The number of fused-ring (bicyclic) bond motifs is 2. The first-order valence-electron chi connectivity index (χ1n) is 16.3. The maximum atomic E-state index is 13.5. The molecule has 3 aromatic heterocycles. The number of hydrogen-bond donors (Lipinski definition) is 2. The lowest BCUT2D eigenvalue weighted by Crippen LogP contribution is -2.36. The Kier molecular flexibility index (Phi) is 7.98. The summed E-state index contributed by atoms with van der Waals surface area (Å²) in [7, 11) is 0. The van der Waals surface area contributed by atoms with Gasteiger partial charge in [-0.25, -0.2) is 9.48 Å². The molecule has 1 fully saturated rings. The summed E-state index contributed by atoms with van der Waals surface area (Å²) < 4.78 is 10.5. The molecule has 0 spiro atoms. The smallest absolute Gasteiger partial charge is 0.320 e. The molecule has 1 saturated heterocycles. The summed E-state index contributed by atoms with van der Waals surface area (Å²) in [6.07, 6.45) is 5.85. The Morgan fingerprint density at radius 3 is 2.48 bits per heavy atom. The standard InChI is InChI=1S/C36H42N8O2/c1-24-11-13-25(14-12-24)44-33(21-31(41-44)36(2,3)4)38-35(45)37-29-16-17-30(28-10-6-5-9-27(28)29)46-26-15-18-32-39-40-34(43(32)22-26)23-42-19-7-8-20-42/h5-6,9-15,18,21-22,29-30H,7-8,16-17,19-20,23H2,1-4H3,(H2,37,38,45)/t29-,30+/m0/s1. The highest BCUT2D eigenvalue weighted by molar-refractivity contribution is 5.89. The lowest BCUT2D eigenvalue weighted by molar-refractivity contribution is 0.171. The van der Waals surface area contributed by atoms with Gasteiger partial charge in [-0.3, -0.25) is 14.6 Å². The summed E-state index contributed by atoms with van der Waals surface area (Å²) in [5, 5.41) is 20.0. The number of ether oxygens (including phenoxy) is 1. The van der Waals surface area contributed by atoms with Crippen molar-refractivity contribution >= 4 is 17.5 Å². The van der Waals surface area contributed by atoms with E-state index in [0.29, 0.717) is 5.82 Å². The minimum absolute atomic E-state index is 0.134. The quantitative estimate of drug-likeness (QED) is 0.206. The number of carbonyl (C=O) groups excluding carboxylic acids is 1. The highest BCUT2D eigenvalue weighted by Crippen LogP contribution is 2.39. The molecule has 46 heavy (non-hydrogen) atoms. The van der Waals surface area contributed by atoms with Crippen LogP contribution < -0.4 is 15.4 Å². The zero-order valence-corrected chi connectivity index (χ0v) is 27.0. The van der Waals surface area contributed by atoms with Crippen LogP contribution in [0.4, 0.5) is 10.6 Å². The number of amides is 2. The first kappa shape index (κ1) is 30.0. The molecule has 0 bridgehead atoms. The van der Waals surface area contributed by atoms with E-state index < -0.39 is 0 Å². The second-order valence-electron chi connectivity index (χ2n) is 13.6. The van der Waals surface area contributed by atoms with Gasteiger partial charge in [0.05, 0.1) is 30.2 Å². The van der Waals surface area contributed by atoms with Crippen LogP contribution in [0.1, 0.15) is 86.8 Å². The molecule has 2 N–H and O–H groups in total. The minimum atomic E-state index is -0.267. The Morgan fingerprint density at radius 2 is 1.72 bits per heavy atom. The Balaban J connectivity index is 1.07. The van der Waals surface area contributed by atoms with E-state index in [1.165, 1.54) is 18.4 Å². The van der Waals surface area contributed by atoms with Gasteiger partial charge in [-0.1, -0.05) is 62.7 Å². The molecule has 10 nitrogen and oxygen atoms in total. The van der Waals surface area contributed by atoms with E-state index in [1.54, 1.807) is 0 Å². The maximum absolute atomic E-state index is 13.5. The molecule has 1 aliphatic carbocycles. The number of pyridine rings is 1. The number of anilines is 1. The Labute approximate surface area is 269 Å². The number of aryl methyl sites for hydroxylation is 1. The van der Waals surface area contributed by atoms with Crippen molar-refractivity contribution in [1.82, 2.24) is 34.6 Å². The number of nitrogens with one attached hydrogen (secondary N) is 2. The Morgan fingerprint density at radius 1 is 0.957 bits per heavy atom. The molecule has 7 rings (SSSR count). The number of hydrogen-bond acceptors (Lipinski definition) is 6. The van der Waals surface area contributed by atoms with Gasteiger partial charge in [0.15, 0.2) is 11.5 Å². The van der Waals surface area contributed by atoms with E-state index in [9.17, 15) is 4.79 Å². The van der Waals surface area contributed by atoms with Crippen LogP contribution in [0.5, 0.6) is 5.75 Å². The van der Waals surface area contributed by atoms with E-state index in [0.717, 1.165) is 72.2 Å². The molecule has 1 aliphatic heterocycles. The fraction of sp³-hybridized carbons (Fsp3) is 0.389. The number of nitrogens with zero attached hydrogens (tertiary/aromatic N) is 6. The van der Waals surface area contributed by atoms with Crippen LogP contribution in [0.25, 0.3) is 11.3 Å². The van der Waals surface area contributed by atoms with Crippen molar-refractivity contribution in [1.29, 1.82) is 0 Å². The van der Waals surface area contributed by atoms with Gasteiger partial charge in [0, 0.05) is 11.5 Å². The van der Waals surface area contributed by atoms with Gasteiger partial charge in [0.2, 0.25) is 0 Å². The van der Waals surface area contributed by atoms with Crippen molar-refractivity contribution in [3.05, 3.63) is 101 Å². The highest BCUT2D eigenvalue weighted by Gasteiger charge is 2.30. The van der Waals surface area contributed by atoms with Crippen molar-refractivity contribution in [3.63, 3.8) is 0 Å². The van der Waals surface area contributed by atoms with Crippen molar-refractivity contribution in [3.8, 4) is 11.4 Å². The summed E-state index contributed by atoms with van der Waals surface area (Å²) in [6, 6.07) is 21.8. The molecule has 5 aromatic rings. The van der Waals surface area contributed by atoms with E-state index in [4.69, 9.17) is 9.84 Å². The second-order valence-corrected chi connectivity index (χ2v) is 13.6. The SMILES string of the molecule is Cc1ccc(-n2nc(C(C)(C)C)cc2NC(=O)N[C@H]2CC[C@@H](Oc3ccc4nnc(CN5CCCC5)n4c3)c3ccccc32)cc1. The van der Waals surface area contributed by atoms with Crippen LogP contribution in [0.2, 0.25) is 0 Å². The van der Waals surface area contributed by atoms with Gasteiger partial charge >= 0.3 is 6.03 Å². The number of carbonyl (C=O) groups is 1. The highest BCUT2D eigenvalue weighted by atomic mass is 16.5. The minimum Gasteiger partial charge on any atom is -0.484 e. The Bertz CT molecular complexity index is 1850. The molecule has 0 saturated carbocycles. The number of benzene rings is 2. The third-order valence-electron chi connectivity index (χ3n) is 9.03. The van der Waals surface area contributed by atoms with Gasteiger partial charge in [-0.15, -0.1) is 10.2 Å². The average molecular weight is 619 g/mol. The molecule has 2 aliphatic rings. The monoisotopic (exact) mass is 618 g/mol. The first-order valence-corrected chi connectivity index (χ1v) is 16.3. The molecule has 2 aromatic carbocycles. The van der Waals surface area contributed by atoms with Crippen LogP contribution in [-0.4, -0.2) is 48.4 Å². The van der Waals surface area contributed by atoms with E-state index in [-0.39, 0.29) is 23.6 Å². The normalized spacial score (nSPS) is 18.4. The first-order chi connectivity index (χ1) is 22.2. The molecule has 2 amide bonds. The lowest BCUT2D eigenvalue weighted by atomic mass is 9.85. The lowest BCUT2D eigenvalue weighted by Gasteiger charge is -2.32. The molecule has 4 heterocycles. The van der Waals surface area contributed by atoms with Crippen LogP contribution in [0.15, 0.2) is 72.9 Å². The van der Waals surface area contributed by atoms with Crippen molar-refractivity contribution in [2.45, 2.75) is 77.5 Å². The van der Waals surface area contributed by atoms with E-state index >= 15 is 0 Å². The fourth-order valence-electron chi connectivity index (χ4n) is 6.45. The predicted octanol–water partition coefficient (Wildman–Crippen LogP) is 6.89. The largest absolute Gasteiger partial charge is 0.484 e. The van der Waals surface area contributed by atoms with Crippen molar-refractivity contribution in [2.24, 2.45) is 0 Å². The molecular weight excluding hydrogens is 576 g/mol. The summed E-state index contributed by atoms with van der Waals surface area (Å²) in [5.41, 5.74) is 5.76. The number of rotatable bonds is 7. The predicted molar refractivity (Wildman–Crippen MR) is 178 cm³/mol. The number of likely N-dealkylation sites (tertiary alicyclic amines) is 1. The summed E-state index contributed by atoms with van der Waals surface area (Å²) >= 11 is 0. The van der Waals surface area contributed by atoms with E-state index in [1.807, 2.05) is 69.9 Å². The van der Waals surface area contributed by atoms with Crippen molar-refractivity contribution < 1.29 is 9.53 Å². The average Bonchev–Trinajstić information content (AvgIpc) is 3.80. The van der Waals surface area contributed by atoms with Crippen LogP contribution in [-0.2, 0) is 12.0 Å². The van der Waals surface area contributed by atoms with Crippen LogP contribution >= 0.6 is 0 Å². The van der Waals surface area contributed by atoms with Gasteiger partial charge in [0.1, 0.15) is 17.7 Å². The zero-order chi connectivity index (χ0) is 31.8. The molecular formula is C36H42N8O2. The molecule has 0 radical (unpaired) electrons. The summed E-state index contributed by atoms with van der Waals surface area (Å²) in [4.78, 5) is 15.9. The number of urea groups is 1. The summed E-state index contributed by atoms with van der Waals surface area (Å²) in [5.74, 6) is 2.34. The number of aromatic nitrogens is 5. The van der Waals surface area contributed by atoms with Gasteiger partial charge in [-0.2, -0.15) is 5.10 Å². The fourth-order valence-corrected chi connectivity index (χ4v) is 6.45. The summed E-state index contributed by atoms with van der Waals surface area (Å²) in [6.45, 7) is 11.4. The zero-order valence-electron chi connectivity index (χ0n) is 27.0. The van der Waals surface area contributed by atoms with E-state index in [2.05, 4.69) is 65.6 Å². The van der Waals surface area contributed by atoms with Gasteiger partial charge in [0.25, 0.3) is 0 Å². The van der Waals surface area contributed by atoms with Gasteiger partial charge < -0.3 is 10.1 Å². The second kappa shape index (κ2) is 12.2. The molecule has 10 heteroatoms. The third-order valence-corrected chi connectivity index (χ3v) is 9.03. The van der Waals surface area contributed by atoms with Crippen LogP contribution in [0.3, 0.4) is 0 Å².